The second-order valence-corrected chi connectivity index (χ2v) is 1.34. The molecule has 0 fully saturated rings. The Morgan fingerprint density at radius 1 is 1.00 bits per heavy atom. The predicted octanol–water partition coefficient (Wildman–Crippen LogP) is 0.503. The normalized spacial score (nSPS) is 8.29. The van der Waals surface area contributed by atoms with Gasteiger partial charge in [-0.05, 0) is 0 Å². The first-order valence-electron chi connectivity index (χ1n) is 0.698. The van der Waals surface area contributed by atoms with Crippen molar-refractivity contribution in [2.24, 2.45) is 0 Å². The Hall–Kier alpha value is 0.830. The highest BCUT2D eigenvalue weighted by molar-refractivity contribution is 8.93. The van der Waals surface area contributed by atoms with Gasteiger partial charge in [-0.3, -0.25) is 9.11 Å². The van der Waals surface area contributed by atoms with E-state index in [0.29, 0.717) is 0 Å². The predicted molar refractivity (Wildman–Crippen MR) is 34.8 cm³/mol. The molecule has 7 heavy (non-hydrogen) atoms. The molecular formula is H4Br2O4S. The van der Waals surface area contributed by atoms with Gasteiger partial charge in [0.1, 0.15) is 0 Å². The third kappa shape index (κ3) is 231. The molecule has 0 heterocycles. The summed E-state index contributed by atoms with van der Waals surface area (Å²) in [5, 5.41) is 0. The van der Waals surface area contributed by atoms with Crippen molar-refractivity contribution in [2.45, 2.75) is 0 Å². The lowest BCUT2D eigenvalue weighted by molar-refractivity contribution is 0.381. The highest BCUT2D eigenvalue weighted by Gasteiger charge is 1.84. The lowest BCUT2D eigenvalue weighted by Gasteiger charge is -1.68. The minimum Gasteiger partial charge on any atom is -0.264 e. The summed E-state index contributed by atoms with van der Waals surface area (Å²) in [6.07, 6.45) is 0. The van der Waals surface area contributed by atoms with Crippen LogP contribution in [0.5, 0.6) is 0 Å². The molecule has 0 radical (unpaired) electrons. The van der Waals surface area contributed by atoms with Gasteiger partial charge in [-0.2, -0.15) is 8.42 Å². The first kappa shape index (κ1) is 15.7. The van der Waals surface area contributed by atoms with Crippen molar-refractivity contribution in [2.75, 3.05) is 0 Å². The Bertz CT molecular complexity index is 92.9. The van der Waals surface area contributed by atoms with Crippen molar-refractivity contribution in [1.82, 2.24) is 0 Å². The molecule has 0 aliphatic rings. The molecule has 48 valence electrons. The molecule has 4 nitrogen and oxygen atoms in total. The van der Waals surface area contributed by atoms with Crippen LogP contribution in [0.15, 0.2) is 0 Å². The van der Waals surface area contributed by atoms with E-state index >= 15 is 0 Å². The first-order valence-corrected chi connectivity index (χ1v) is 2.10. The van der Waals surface area contributed by atoms with Gasteiger partial charge in [0.05, 0.1) is 0 Å². The molecule has 0 aromatic carbocycles. The van der Waals surface area contributed by atoms with Crippen molar-refractivity contribution >= 4 is 44.4 Å². The summed E-state index contributed by atoms with van der Waals surface area (Å²) in [5.41, 5.74) is 0. The molecule has 0 aromatic heterocycles. The SMILES string of the molecule is Br.Br.O=S(=O)(O)O. The second-order valence-electron chi connectivity index (χ2n) is 0.448. The number of hydrogen-bond acceptors (Lipinski definition) is 2. The lowest BCUT2D eigenvalue weighted by atomic mass is 15.8. The van der Waals surface area contributed by atoms with Gasteiger partial charge < -0.3 is 0 Å². The van der Waals surface area contributed by atoms with Crippen LogP contribution in [0.4, 0.5) is 0 Å². The van der Waals surface area contributed by atoms with Gasteiger partial charge in [-0.15, -0.1) is 34.0 Å². The first-order chi connectivity index (χ1) is 2.00. The van der Waals surface area contributed by atoms with Crippen LogP contribution in [-0.4, -0.2) is 17.5 Å². The van der Waals surface area contributed by atoms with Crippen LogP contribution >= 0.6 is 34.0 Å². The zero-order valence-electron chi connectivity index (χ0n) is 2.94. The molecule has 0 atom stereocenters. The topological polar surface area (TPSA) is 74.6 Å². The Balaban J connectivity index is -0.0000000800. The zero-order valence-corrected chi connectivity index (χ0v) is 7.18. The van der Waals surface area contributed by atoms with Gasteiger partial charge in [0.25, 0.3) is 0 Å². The van der Waals surface area contributed by atoms with E-state index in [1.807, 2.05) is 0 Å². The largest absolute Gasteiger partial charge is 0.394 e. The summed E-state index contributed by atoms with van der Waals surface area (Å²) in [5.74, 6) is 0. The molecule has 2 N–H and O–H groups in total. The fraction of sp³-hybridized carbons (Fsp3) is 0. The highest BCUT2D eigenvalue weighted by atomic mass is 79.9. The maximum Gasteiger partial charge on any atom is 0.394 e. The van der Waals surface area contributed by atoms with Gasteiger partial charge in [-0.25, -0.2) is 0 Å². The molecule has 0 aliphatic heterocycles. The van der Waals surface area contributed by atoms with Crippen LogP contribution in [0.25, 0.3) is 0 Å². The van der Waals surface area contributed by atoms with Crippen molar-refractivity contribution in [3.63, 3.8) is 0 Å². The molecule has 0 unspecified atom stereocenters. The summed E-state index contributed by atoms with van der Waals surface area (Å²) >= 11 is 0. The van der Waals surface area contributed by atoms with Crippen LogP contribution in [0, 0.1) is 0 Å². The van der Waals surface area contributed by atoms with Crippen LogP contribution in [0.3, 0.4) is 0 Å². The lowest BCUT2D eigenvalue weighted by Crippen LogP contribution is -1.89. The molecule has 0 rings (SSSR count). The minimum absolute atomic E-state index is 0. The number of halogens is 2. The van der Waals surface area contributed by atoms with Crippen LogP contribution in [0.1, 0.15) is 0 Å². The van der Waals surface area contributed by atoms with Crippen LogP contribution in [-0.2, 0) is 10.4 Å². The van der Waals surface area contributed by atoms with Gasteiger partial charge >= 0.3 is 10.4 Å². The molecule has 0 aromatic rings. The zero-order chi connectivity index (χ0) is 4.50. The maximum atomic E-state index is 8.74. The Morgan fingerprint density at radius 3 is 1.00 bits per heavy atom. The monoisotopic (exact) mass is 258 g/mol. The Labute approximate surface area is 62.0 Å². The van der Waals surface area contributed by atoms with Crippen molar-refractivity contribution < 1.29 is 17.5 Å². The highest BCUT2D eigenvalue weighted by Crippen LogP contribution is 1.59. The average Bonchev–Trinajstić information content (AvgIpc) is 0.722. The van der Waals surface area contributed by atoms with E-state index in [2.05, 4.69) is 0 Å². The standard InChI is InChI=1S/2BrH.H2O4S/c;;1-5(2,3)4/h2*1H;(H2,1,2,3,4). The van der Waals surface area contributed by atoms with Gasteiger partial charge in [0, 0.05) is 0 Å². The smallest absolute Gasteiger partial charge is 0.264 e. The van der Waals surface area contributed by atoms with E-state index in [0.717, 1.165) is 0 Å². The quantitative estimate of drug-likeness (QED) is 0.622. The van der Waals surface area contributed by atoms with E-state index in [1.165, 1.54) is 0 Å². The fourth-order valence-electron chi connectivity index (χ4n) is 0. The van der Waals surface area contributed by atoms with Crippen LogP contribution < -0.4 is 0 Å². The molecule has 7 heteroatoms. The van der Waals surface area contributed by atoms with E-state index in [9.17, 15) is 0 Å². The summed E-state index contributed by atoms with van der Waals surface area (Å²) in [6, 6.07) is 0. The van der Waals surface area contributed by atoms with Crippen molar-refractivity contribution in [1.29, 1.82) is 0 Å². The number of rotatable bonds is 0. The molecule has 0 spiro atoms. The van der Waals surface area contributed by atoms with E-state index in [1.54, 1.807) is 0 Å². The van der Waals surface area contributed by atoms with Gasteiger partial charge in [0.15, 0.2) is 0 Å². The van der Waals surface area contributed by atoms with Gasteiger partial charge in [-0.1, -0.05) is 0 Å². The molecule has 0 amide bonds. The minimum atomic E-state index is -4.67. The van der Waals surface area contributed by atoms with Gasteiger partial charge in [0.2, 0.25) is 0 Å². The van der Waals surface area contributed by atoms with Crippen molar-refractivity contribution in [3.8, 4) is 0 Å². The summed E-state index contributed by atoms with van der Waals surface area (Å²) in [6.45, 7) is 0. The molecule has 0 saturated carbocycles. The summed E-state index contributed by atoms with van der Waals surface area (Å²) in [4.78, 5) is 0. The van der Waals surface area contributed by atoms with Crippen LogP contribution in [0.2, 0.25) is 0 Å². The third-order valence-corrected chi connectivity index (χ3v) is 0. The van der Waals surface area contributed by atoms with Crippen molar-refractivity contribution in [3.05, 3.63) is 0 Å². The maximum absolute atomic E-state index is 8.74. The Morgan fingerprint density at radius 2 is 1.00 bits per heavy atom. The molecular weight excluding hydrogens is 256 g/mol. The third-order valence-electron chi connectivity index (χ3n) is 0. The second kappa shape index (κ2) is 4.98. The average molecular weight is 260 g/mol. The van der Waals surface area contributed by atoms with E-state index in [-0.39, 0.29) is 34.0 Å². The Kier molecular flexibility index (Phi) is 11.1. The summed E-state index contributed by atoms with van der Waals surface area (Å²) < 4.78 is 31.6. The number of hydrogen-bond donors (Lipinski definition) is 2. The summed E-state index contributed by atoms with van der Waals surface area (Å²) in [7, 11) is -4.67. The molecule has 0 bridgehead atoms. The molecule has 0 saturated heterocycles. The molecule has 0 aliphatic carbocycles. The van der Waals surface area contributed by atoms with E-state index < -0.39 is 10.4 Å². The van der Waals surface area contributed by atoms with E-state index in [4.69, 9.17) is 17.5 Å². The fourth-order valence-corrected chi connectivity index (χ4v) is 0.